The van der Waals surface area contributed by atoms with E-state index in [9.17, 15) is 14.7 Å². The average molecular weight is 231 g/mol. The quantitative estimate of drug-likeness (QED) is 0.593. The molecule has 0 bridgehead atoms. The highest BCUT2D eigenvalue weighted by Crippen LogP contribution is 2.18. The van der Waals surface area contributed by atoms with E-state index in [0.29, 0.717) is 6.42 Å². The smallest absolute Gasteiger partial charge is 0.329 e. The van der Waals surface area contributed by atoms with Crippen LogP contribution in [0.1, 0.15) is 25.7 Å². The van der Waals surface area contributed by atoms with Gasteiger partial charge in [0.25, 0.3) is 0 Å². The molecule has 92 valence electrons. The molecule has 0 aromatic heterocycles. The lowest BCUT2D eigenvalue weighted by Gasteiger charge is -2.28. The maximum Gasteiger partial charge on any atom is 0.329 e. The van der Waals surface area contributed by atoms with Crippen LogP contribution >= 0.6 is 0 Å². The summed E-state index contributed by atoms with van der Waals surface area (Å²) in [6.07, 6.45) is 2.91. The Hall–Kier alpha value is -1.14. The molecule has 1 fully saturated rings. The van der Waals surface area contributed by atoms with Crippen molar-refractivity contribution in [3.8, 4) is 0 Å². The molecule has 6 nitrogen and oxygen atoms in total. The van der Waals surface area contributed by atoms with E-state index < -0.39 is 18.7 Å². The van der Waals surface area contributed by atoms with E-state index in [2.05, 4.69) is 10.1 Å². The van der Waals surface area contributed by atoms with Gasteiger partial charge >= 0.3 is 5.97 Å². The number of hydrogen-bond donors (Lipinski definition) is 3. The molecule has 1 rings (SSSR count). The van der Waals surface area contributed by atoms with E-state index >= 15 is 0 Å². The minimum absolute atomic E-state index is 0.227. The van der Waals surface area contributed by atoms with Crippen LogP contribution in [-0.4, -0.2) is 47.4 Å². The van der Waals surface area contributed by atoms with Gasteiger partial charge in [-0.2, -0.15) is 0 Å². The van der Waals surface area contributed by atoms with Crippen LogP contribution in [0.15, 0.2) is 0 Å². The largest absolute Gasteiger partial charge is 0.480 e. The summed E-state index contributed by atoms with van der Waals surface area (Å²) in [5.74, 6) is -1.49. The molecule has 0 aliphatic heterocycles. The average Bonchev–Trinajstić information content (AvgIpc) is 2.21. The van der Waals surface area contributed by atoms with Crippen LogP contribution in [0.2, 0.25) is 0 Å². The van der Waals surface area contributed by atoms with Crippen molar-refractivity contribution in [1.29, 1.82) is 0 Å². The molecule has 0 heterocycles. The van der Waals surface area contributed by atoms with Crippen LogP contribution in [0.4, 0.5) is 0 Å². The first kappa shape index (κ1) is 12.9. The van der Waals surface area contributed by atoms with Crippen molar-refractivity contribution in [2.75, 3.05) is 13.2 Å². The SMILES string of the molecule is O=C(O)COCC(=O)N[C@@H]1CCCC[C@H]1O. The fraction of sp³-hybridized carbons (Fsp3) is 0.800. The van der Waals surface area contributed by atoms with Crippen LogP contribution < -0.4 is 5.32 Å². The molecule has 0 radical (unpaired) electrons. The van der Waals surface area contributed by atoms with Gasteiger partial charge in [0, 0.05) is 0 Å². The van der Waals surface area contributed by atoms with Gasteiger partial charge in [-0.3, -0.25) is 4.79 Å². The zero-order valence-corrected chi connectivity index (χ0v) is 9.02. The normalized spacial score (nSPS) is 25.1. The van der Waals surface area contributed by atoms with Gasteiger partial charge in [-0.15, -0.1) is 0 Å². The summed E-state index contributed by atoms with van der Waals surface area (Å²) in [6, 6.07) is -0.227. The molecule has 1 saturated carbocycles. The molecule has 1 aliphatic rings. The number of amides is 1. The van der Waals surface area contributed by atoms with Crippen LogP contribution in [0.5, 0.6) is 0 Å². The second-order valence-electron chi connectivity index (χ2n) is 3.91. The lowest BCUT2D eigenvalue weighted by atomic mass is 9.92. The minimum atomic E-state index is -1.11. The van der Waals surface area contributed by atoms with Gasteiger partial charge < -0.3 is 20.3 Å². The van der Waals surface area contributed by atoms with E-state index in [4.69, 9.17) is 5.11 Å². The molecule has 0 spiro atoms. The number of carboxylic acid groups (broad SMARTS) is 1. The highest BCUT2D eigenvalue weighted by atomic mass is 16.5. The van der Waals surface area contributed by atoms with Crippen molar-refractivity contribution in [1.82, 2.24) is 5.32 Å². The number of nitrogens with one attached hydrogen (secondary N) is 1. The molecular weight excluding hydrogens is 214 g/mol. The monoisotopic (exact) mass is 231 g/mol. The number of carbonyl (C=O) groups is 2. The van der Waals surface area contributed by atoms with Crippen LogP contribution in [0.3, 0.4) is 0 Å². The Morgan fingerprint density at radius 1 is 1.25 bits per heavy atom. The van der Waals surface area contributed by atoms with Crippen molar-refractivity contribution in [2.24, 2.45) is 0 Å². The number of aliphatic hydroxyl groups is 1. The molecule has 0 unspecified atom stereocenters. The van der Waals surface area contributed by atoms with E-state index in [0.717, 1.165) is 19.3 Å². The number of rotatable bonds is 5. The van der Waals surface area contributed by atoms with E-state index in [1.165, 1.54) is 0 Å². The fourth-order valence-corrected chi connectivity index (χ4v) is 1.76. The molecule has 2 atom stereocenters. The summed E-state index contributed by atoms with van der Waals surface area (Å²) in [5.41, 5.74) is 0. The van der Waals surface area contributed by atoms with Gasteiger partial charge in [0.15, 0.2) is 0 Å². The third kappa shape index (κ3) is 4.59. The zero-order valence-electron chi connectivity index (χ0n) is 9.02. The summed E-state index contributed by atoms with van der Waals surface area (Å²) >= 11 is 0. The number of carboxylic acids is 1. The van der Waals surface area contributed by atoms with E-state index in [-0.39, 0.29) is 18.6 Å². The first-order chi connectivity index (χ1) is 7.59. The molecule has 6 heteroatoms. The number of carbonyl (C=O) groups excluding carboxylic acids is 1. The Morgan fingerprint density at radius 3 is 2.56 bits per heavy atom. The Labute approximate surface area is 93.6 Å². The van der Waals surface area contributed by atoms with Gasteiger partial charge in [0.05, 0.1) is 12.1 Å². The number of hydrogen-bond acceptors (Lipinski definition) is 4. The standard InChI is InChI=1S/C10H17NO5/c12-8-4-2-1-3-7(8)11-9(13)5-16-6-10(14)15/h7-8,12H,1-6H2,(H,11,13)(H,14,15)/t7-,8-/m1/s1. The highest BCUT2D eigenvalue weighted by molar-refractivity contribution is 5.78. The molecular formula is C10H17NO5. The lowest BCUT2D eigenvalue weighted by molar-refractivity contribution is -0.143. The van der Waals surface area contributed by atoms with Gasteiger partial charge in [-0.1, -0.05) is 12.8 Å². The third-order valence-corrected chi connectivity index (χ3v) is 2.53. The highest BCUT2D eigenvalue weighted by Gasteiger charge is 2.24. The molecule has 16 heavy (non-hydrogen) atoms. The van der Waals surface area contributed by atoms with E-state index in [1.807, 2.05) is 0 Å². The summed E-state index contributed by atoms with van der Waals surface area (Å²) in [7, 11) is 0. The maximum atomic E-state index is 11.3. The number of ether oxygens (including phenoxy) is 1. The first-order valence-corrected chi connectivity index (χ1v) is 5.36. The number of aliphatic carboxylic acids is 1. The van der Waals surface area contributed by atoms with Gasteiger partial charge in [-0.05, 0) is 12.8 Å². The predicted octanol–water partition coefficient (Wildman–Crippen LogP) is -0.493. The zero-order chi connectivity index (χ0) is 12.0. The minimum Gasteiger partial charge on any atom is -0.480 e. The van der Waals surface area contributed by atoms with Crippen molar-refractivity contribution in [2.45, 2.75) is 37.8 Å². The molecule has 1 amide bonds. The number of aliphatic hydroxyl groups excluding tert-OH is 1. The molecule has 3 N–H and O–H groups in total. The lowest BCUT2D eigenvalue weighted by Crippen LogP contribution is -2.46. The summed E-state index contributed by atoms with van der Waals surface area (Å²) < 4.78 is 4.64. The molecule has 0 aromatic carbocycles. The van der Waals surface area contributed by atoms with E-state index in [1.54, 1.807) is 0 Å². The second-order valence-corrected chi connectivity index (χ2v) is 3.91. The predicted molar refractivity (Wildman–Crippen MR) is 54.9 cm³/mol. The Morgan fingerprint density at radius 2 is 1.94 bits per heavy atom. The van der Waals surface area contributed by atoms with Crippen molar-refractivity contribution >= 4 is 11.9 Å². The summed E-state index contributed by atoms with van der Waals surface area (Å²) in [6.45, 7) is -0.768. The molecule has 0 saturated heterocycles. The first-order valence-electron chi connectivity index (χ1n) is 5.36. The third-order valence-electron chi connectivity index (χ3n) is 2.53. The van der Waals surface area contributed by atoms with Crippen molar-refractivity contribution < 1.29 is 24.5 Å². The Balaban J connectivity index is 2.19. The molecule has 1 aliphatic carbocycles. The van der Waals surface area contributed by atoms with Crippen LogP contribution in [-0.2, 0) is 14.3 Å². The summed E-state index contributed by atoms with van der Waals surface area (Å²) in [5, 5.41) is 20.5. The fourth-order valence-electron chi connectivity index (χ4n) is 1.76. The topological polar surface area (TPSA) is 95.9 Å². The van der Waals surface area contributed by atoms with Crippen molar-refractivity contribution in [3.63, 3.8) is 0 Å². The molecule has 0 aromatic rings. The maximum absolute atomic E-state index is 11.3. The Kier molecular flexibility index (Phi) is 5.21. The summed E-state index contributed by atoms with van der Waals surface area (Å²) in [4.78, 5) is 21.4. The van der Waals surface area contributed by atoms with Crippen LogP contribution in [0.25, 0.3) is 0 Å². The van der Waals surface area contributed by atoms with Crippen LogP contribution in [0, 0.1) is 0 Å². The Bertz CT molecular complexity index is 256. The second kappa shape index (κ2) is 6.44. The van der Waals surface area contributed by atoms with Gasteiger partial charge in [-0.25, -0.2) is 4.79 Å². The van der Waals surface area contributed by atoms with Gasteiger partial charge in [0.1, 0.15) is 13.2 Å². The van der Waals surface area contributed by atoms with Crippen molar-refractivity contribution in [3.05, 3.63) is 0 Å². The van der Waals surface area contributed by atoms with Gasteiger partial charge in [0.2, 0.25) is 5.91 Å².